The maximum Gasteiger partial charge on any atom is 0.257 e. The summed E-state index contributed by atoms with van der Waals surface area (Å²) < 4.78 is 42.0. The fourth-order valence-corrected chi connectivity index (χ4v) is 6.78. The largest absolute Gasteiger partial charge is 0.361 e. The van der Waals surface area contributed by atoms with E-state index in [1.807, 2.05) is 0 Å². The second-order valence-electron chi connectivity index (χ2n) is 9.11. The van der Waals surface area contributed by atoms with Crippen LogP contribution in [0.2, 0.25) is 0 Å². The van der Waals surface area contributed by atoms with Crippen molar-refractivity contribution in [1.29, 1.82) is 0 Å². The van der Waals surface area contributed by atoms with Gasteiger partial charge in [-0.25, -0.2) is 12.8 Å². The fourth-order valence-electron chi connectivity index (χ4n) is 4.89. The third kappa shape index (κ3) is 4.88. The summed E-state index contributed by atoms with van der Waals surface area (Å²) in [5.74, 6) is -1.31. The lowest BCUT2D eigenvalue weighted by Gasteiger charge is -2.31. The number of hydrogen-bond acceptors (Lipinski definition) is 4. The molecule has 2 saturated heterocycles. The summed E-state index contributed by atoms with van der Waals surface area (Å²) in [6, 6.07) is 5.67. The Morgan fingerprint density at radius 2 is 1.71 bits per heavy atom. The van der Waals surface area contributed by atoms with Gasteiger partial charge in [0.25, 0.3) is 5.91 Å². The fraction of sp³-hybridized carbons (Fsp3) is 0.500. The number of likely N-dealkylation sites (tertiary alicyclic amines) is 1. The van der Waals surface area contributed by atoms with Gasteiger partial charge in [-0.2, -0.15) is 4.31 Å². The van der Waals surface area contributed by atoms with E-state index in [9.17, 15) is 22.4 Å². The standard InChI is InChI=1S/C24H31FN4O4S/c1-16-21(24(31)28-11-4-3-5-12-28)22(17(2)26-16)34(32,33)29-13-9-18(10-14-29)23(30)27-20-8-6-7-19(25)15-20/h6-8,15,18,26H,3-5,9-14H2,1-2H3,(H,27,30). The number of H-pyrrole nitrogens is 1. The molecule has 34 heavy (non-hydrogen) atoms. The number of benzene rings is 1. The lowest BCUT2D eigenvalue weighted by Crippen LogP contribution is -2.42. The molecule has 0 bridgehead atoms. The van der Waals surface area contributed by atoms with Gasteiger partial charge in [-0.15, -0.1) is 0 Å². The number of nitrogens with one attached hydrogen (secondary N) is 2. The molecule has 2 amide bonds. The molecule has 2 N–H and O–H groups in total. The molecule has 184 valence electrons. The molecule has 0 aliphatic carbocycles. The average molecular weight is 491 g/mol. The molecule has 0 unspecified atom stereocenters. The number of piperidine rings is 2. The summed E-state index contributed by atoms with van der Waals surface area (Å²) in [6.45, 7) is 5.01. The minimum Gasteiger partial charge on any atom is -0.361 e. The van der Waals surface area contributed by atoms with Gasteiger partial charge >= 0.3 is 0 Å². The van der Waals surface area contributed by atoms with Crippen LogP contribution in [0, 0.1) is 25.6 Å². The van der Waals surface area contributed by atoms with E-state index >= 15 is 0 Å². The quantitative estimate of drug-likeness (QED) is 0.670. The second kappa shape index (κ2) is 9.87. The summed E-state index contributed by atoms with van der Waals surface area (Å²) in [5, 5.41) is 2.71. The van der Waals surface area contributed by atoms with Gasteiger partial charge in [-0.1, -0.05) is 6.07 Å². The first-order valence-corrected chi connectivity index (χ1v) is 13.2. The van der Waals surface area contributed by atoms with Crippen molar-refractivity contribution < 1.29 is 22.4 Å². The smallest absolute Gasteiger partial charge is 0.257 e. The first-order chi connectivity index (χ1) is 16.2. The van der Waals surface area contributed by atoms with Gasteiger partial charge in [0.05, 0.1) is 5.56 Å². The zero-order valence-corrected chi connectivity index (χ0v) is 20.4. The summed E-state index contributed by atoms with van der Waals surface area (Å²) in [5.41, 5.74) is 1.60. The molecule has 1 aromatic carbocycles. The first-order valence-electron chi connectivity index (χ1n) is 11.7. The zero-order valence-electron chi connectivity index (χ0n) is 19.6. The predicted molar refractivity (Wildman–Crippen MR) is 127 cm³/mol. The molecule has 2 aromatic rings. The van der Waals surface area contributed by atoms with E-state index in [0.717, 1.165) is 19.3 Å². The normalized spacial score (nSPS) is 18.1. The van der Waals surface area contributed by atoms with Crippen molar-refractivity contribution in [2.45, 2.75) is 50.8 Å². The van der Waals surface area contributed by atoms with Gasteiger partial charge < -0.3 is 15.2 Å². The molecule has 1 aromatic heterocycles. The maximum absolute atomic E-state index is 13.6. The highest BCUT2D eigenvalue weighted by Crippen LogP contribution is 2.31. The molecule has 10 heteroatoms. The minimum atomic E-state index is -3.93. The van der Waals surface area contributed by atoms with Gasteiger partial charge in [0.2, 0.25) is 15.9 Å². The Morgan fingerprint density at radius 3 is 2.35 bits per heavy atom. The SMILES string of the molecule is Cc1[nH]c(C)c(S(=O)(=O)N2CCC(C(=O)Nc3cccc(F)c3)CC2)c1C(=O)N1CCCCC1. The van der Waals surface area contributed by atoms with Gasteiger partial charge in [0, 0.05) is 49.2 Å². The molecule has 0 atom stereocenters. The van der Waals surface area contributed by atoms with Crippen LogP contribution in [0.4, 0.5) is 10.1 Å². The Kier molecular flexibility index (Phi) is 7.09. The molecule has 2 aliphatic rings. The number of carbonyl (C=O) groups is 2. The van der Waals surface area contributed by atoms with Crippen LogP contribution >= 0.6 is 0 Å². The van der Waals surface area contributed by atoms with Gasteiger partial charge in [-0.05, 0) is 64.2 Å². The van der Waals surface area contributed by atoms with Crippen LogP contribution in [0.25, 0.3) is 0 Å². The topological polar surface area (TPSA) is 103 Å². The highest BCUT2D eigenvalue weighted by molar-refractivity contribution is 7.89. The molecule has 0 spiro atoms. The number of aryl methyl sites for hydroxylation is 2. The number of aromatic amines is 1. The van der Waals surface area contributed by atoms with Crippen LogP contribution in [-0.2, 0) is 14.8 Å². The molecular weight excluding hydrogens is 459 g/mol. The van der Waals surface area contributed by atoms with Crippen LogP contribution < -0.4 is 5.32 Å². The lowest BCUT2D eigenvalue weighted by molar-refractivity contribution is -0.120. The van der Waals surface area contributed by atoms with Gasteiger partial charge in [-0.3, -0.25) is 9.59 Å². The number of nitrogens with zero attached hydrogens (tertiary/aromatic N) is 2. The average Bonchev–Trinajstić information content (AvgIpc) is 3.13. The van der Waals surface area contributed by atoms with Crippen molar-refractivity contribution in [2.24, 2.45) is 5.92 Å². The monoisotopic (exact) mass is 490 g/mol. The van der Waals surface area contributed by atoms with Crippen molar-refractivity contribution in [2.75, 3.05) is 31.5 Å². The van der Waals surface area contributed by atoms with E-state index in [0.29, 0.717) is 43.0 Å². The summed E-state index contributed by atoms with van der Waals surface area (Å²) >= 11 is 0. The predicted octanol–water partition coefficient (Wildman–Crippen LogP) is 3.44. The maximum atomic E-state index is 13.6. The van der Waals surface area contributed by atoms with E-state index < -0.39 is 15.8 Å². The minimum absolute atomic E-state index is 0.0447. The lowest BCUT2D eigenvalue weighted by atomic mass is 9.97. The van der Waals surface area contributed by atoms with E-state index in [1.165, 1.54) is 22.5 Å². The van der Waals surface area contributed by atoms with Crippen LogP contribution in [0.3, 0.4) is 0 Å². The van der Waals surface area contributed by atoms with E-state index in [2.05, 4.69) is 10.3 Å². The highest BCUT2D eigenvalue weighted by Gasteiger charge is 2.38. The van der Waals surface area contributed by atoms with Crippen molar-refractivity contribution in [3.63, 3.8) is 0 Å². The molecule has 2 fully saturated rings. The Hall–Kier alpha value is -2.72. The third-order valence-electron chi connectivity index (χ3n) is 6.69. The Bertz CT molecular complexity index is 1180. The molecule has 2 aliphatic heterocycles. The summed E-state index contributed by atoms with van der Waals surface area (Å²) in [7, 11) is -3.93. The summed E-state index contributed by atoms with van der Waals surface area (Å²) in [4.78, 5) is 30.7. The Morgan fingerprint density at radius 1 is 1.03 bits per heavy atom. The Balaban J connectivity index is 1.48. The van der Waals surface area contributed by atoms with Crippen molar-refractivity contribution in [3.05, 3.63) is 47.0 Å². The Labute approximate surface area is 199 Å². The van der Waals surface area contributed by atoms with Gasteiger partial charge in [0.15, 0.2) is 0 Å². The van der Waals surface area contributed by atoms with Crippen LogP contribution in [-0.4, -0.2) is 60.6 Å². The van der Waals surface area contributed by atoms with Crippen LogP contribution in [0.1, 0.15) is 53.8 Å². The number of halogens is 1. The van der Waals surface area contributed by atoms with Crippen molar-refractivity contribution >= 4 is 27.5 Å². The molecule has 3 heterocycles. The van der Waals surface area contributed by atoms with E-state index in [-0.39, 0.29) is 41.3 Å². The van der Waals surface area contributed by atoms with Crippen LogP contribution in [0.5, 0.6) is 0 Å². The van der Waals surface area contributed by atoms with Crippen molar-refractivity contribution in [1.82, 2.24) is 14.2 Å². The molecule has 8 nitrogen and oxygen atoms in total. The molecule has 0 saturated carbocycles. The van der Waals surface area contributed by atoms with Gasteiger partial charge in [0.1, 0.15) is 10.7 Å². The first kappa shape index (κ1) is 24.4. The van der Waals surface area contributed by atoms with Crippen LogP contribution in [0.15, 0.2) is 29.2 Å². The van der Waals surface area contributed by atoms with E-state index in [4.69, 9.17) is 0 Å². The zero-order chi connectivity index (χ0) is 24.5. The number of anilines is 1. The number of rotatable bonds is 5. The second-order valence-corrected chi connectivity index (χ2v) is 11.0. The third-order valence-corrected chi connectivity index (χ3v) is 8.76. The highest BCUT2D eigenvalue weighted by atomic mass is 32.2. The number of hydrogen-bond donors (Lipinski definition) is 2. The number of carbonyl (C=O) groups excluding carboxylic acids is 2. The number of sulfonamides is 1. The summed E-state index contributed by atoms with van der Waals surface area (Å²) in [6.07, 6.45) is 3.60. The molecule has 0 radical (unpaired) electrons. The molecule has 4 rings (SSSR count). The number of aromatic nitrogens is 1. The number of amides is 2. The van der Waals surface area contributed by atoms with Crippen molar-refractivity contribution in [3.8, 4) is 0 Å². The molecular formula is C24H31FN4O4S. The van der Waals surface area contributed by atoms with E-state index in [1.54, 1.807) is 24.8 Å².